The standard InChI is InChI=1S/C39H43F5N8O3/c1-22-18-28(35(54)48-30-16-17-46-21-30)12-15-31(22)25-6-2-23(3-7-25)19-32(49-34(53)27-8-4-24(20-45)5-9-27)36(55)47-29-13-10-26(11-14-29)33-50-37(52-51-33)38(40,41)39(42,43)44/h2-3,6-7,10-15,18,24,27,30,32,46H,4-5,8-9,16-17,19-21,45H2,1H3,(H,47,55)(H,48,54)(H,49,53)(H,50,51,52)/t24?,27?,30-,32+/m1/s1. The number of H-pyrrole nitrogens is 1. The van der Waals surface area contributed by atoms with Crippen LogP contribution in [0.4, 0.5) is 27.6 Å². The highest BCUT2D eigenvalue weighted by Gasteiger charge is 2.61. The number of aryl methyl sites for hydroxylation is 1. The van der Waals surface area contributed by atoms with Crippen LogP contribution in [-0.2, 0) is 21.9 Å². The largest absolute Gasteiger partial charge is 0.461 e. The first kappa shape index (κ1) is 39.5. The quantitative estimate of drug-likeness (QED) is 0.102. The van der Waals surface area contributed by atoms with E-state index in [1.165, 1.54) is 24.3 Å². The van der Waals surface area contributed by atoms with Crippen LogP contribution < -0.4 is 27.0 Å². The van der Waals surface area contributed by atoms with Gasteiger partial charge in [0.05, 0.1) is 0 Å². The molecule has 2 atom stereocenters. The molecule has 0 spiro atoms. The molecule has 1 saturated heterocycles. The predicted molar refractivity (Wildman–Crippen MR) is 196 cm³/mol. The highest BCUT2D eigenvalue weighted by atomic mass is 19.4. The van der Waals surface area contributed by atoms with Crippen LogP contribution in [0.15, 0.2) is 66.7 Å². The molecule has 3 amide bonds. The average Bonchev–Trinajstić information content (AvgIpc) is 3.88. The molecule has 55 heavy (non-hydrogen) atoms. The van der Waals surface area contributed by atoms with Crippen molar-refractivity contribution in [2.75, 3.05) is 25.0 Å². The fourth-order valence-electron chi connectivity index (χ4n) is 6.99. The molecule has 0 unspecified atom stereocenters. The van der Waals surface area contributed by atoms with Crippen molar-refractivity contribution in [3.8, 4) is 22.5 Å². The molecule has 16 heteroatoms. The summed E-state index contributed by atoms with van der Waals surface area (Å²) in [5.74, 6) is -8.00. The van der Waals surface area contributed by atoms with Gasteiger partial charge in [-0.3, -0.25) is 19.5 Å². The summed E-state index contributed by atoms with van der Waals surface area (Å²) < 4.78 is 65.8. The number of nitrogens with one attached hydrogen (secondary N) is 5. The smallest absolute Gasteiger partial charge is 0.348 e. The lowest BCUT2D eigenvalue weighted by Gasteiger charge is -2.28. The molecule has 1 saturated carbocycles. The fraction of sp³-hybridized carbons (Fsp3) is 0.410. The lowest BCUT2D eigenvalue weighted by atomic mass is 9.81. The van der Waals surface area contributed by atoms with E-state index in [2.05, 4.69) is 31.3 Å². The van der Waals surface area contributed by atoms with Crippen LogP contribution in [-0.4, -0.2) is 70.8 Å². The number of carbonyl (C=O) groups excluding carboxylic acids is 3. The Morgan fingerprint density at radius 1 is 0.909 bits per heavy atom. The summed E-state index contributed by atoms with van der Waals surface area (Å²) in [7, 11) is 0. The van der Waals surface area contributed by atoms with Crippen LogP contribution in [0, 0.1) is 18.8 Å². The maximum Gasteiger partial charge on any atom is 0.461 e. The second-order valence-corrected chi connectivity index (χ2v) is 14.3. The third kappa shape index (κ3) is 9.36. The number of nitrogens with zero attached hydrogens (tertiary/aromatic N) is 2. The summed E-state index contributed by atoms with van der Waals surface area (Å²) in [6, 6.07) is 17.9. The van der Waals surface area contributed by atoms with Crippen molar-refractivity contribution in [3.63, 3.8) is 0 Å². The van der Waals surface area contributed by atoms with Gasteiger partial charge in [-0.15, -0.1) is 0 Å². The van der Waals surface area contributed by atoms with Gasteiger partial charge in [0, 0.05) is 41.7 Å². The molecule has 0 bridgehead atoms. The van der Waals surface area contributed by atoms with E-state index in [9.17, 15) is 36.3 Å². The zero-order chi connectivity index (χ0) is 39.3. The zero-order valence-electron chi connectivity index (χ0n) is 30.1. The Bertz CT molecular complexity index is 1970. The molecule has 7 N–H and O–H groups in total. The normalized spacial score (nSPS) is 19.4. The number of aromatic nitrogens is 3. The van der Waals surface area contributed by atoms with Crippen molar-refractivity contribution in [2.45, 2.75) is 69.6 Å². The van der Waals surface area contributed by atoms with Crippen molar-refractivity contribution < 1.29 is 36.3 Å². The van der Waals surface area contributed by atoms with Crippen molar-refractivity contribution in [2.24, 2.45) is 17.6 Å². The number of halogens is 5. The second-order valence-electron chi connectivity index (χ2n) is 14.3. The van der Waals surface area contributed by atoms with Crippen LogP contribution in [0.1, 0.15) is 59.4 Å². The van der Waals surface area contributed by atoms with Crippen molar-refractivity contribution in [1.29, 1.82) is 0 Å². The zero-order valence-corrected chi connectivity index (χ0v) is 30.1. The van der Waals surface area contributed by atoms with E-state index >= 15 is 0 Å². The highest BCUT2D eigenvalue weighted by Crippen LogP contribution is 2.42. The van der Waals surface area contributed by atoms with E-state index in [-0.39, 0.29) is 47.3 Å². The minimum atomic E-state index is -5.85. The fourth-order valence-corrected chi connectivity index (χ4v) is 6.99. The molecule has 292 valence electrons. The molecule has 1 aliphatic heterocycles. The molecule has 2 fully saturated rings. The Morgan fingerprint density at radius 3 is 2.22 bits per heavy atom. The summed E-state index contributed by atoms with van der Waals surface area (Å²) in [6.07, 6.45) is -1.84. The van der Waals surface area contributed by atoms with Crippen LogP contribution in [0.25, 0.3) is 22.5 Å². The van der Waals surface area contributed by atoms with Gasteiger partial charge >= 0.3 is 12.1 Å². The summed E-state index contributed by atoms with van der Waals surface area (Å²) in [4.78, 5) is 43.3. The van der Waals surface area contributed by atoms with E-state index in [1.807, 2.05) is 43.3 Å². The third-order valence-corrected chi connectivity index (χ3v) is 10.3. The van der Waals surface area contributed by atoms with Gasteiger partial charge in [0.1, 0.15) is 6.04 Å². The molecule has 1 aromatic heterocycles. The molecular formula is C39H43F5N8O3. The first-order valence-corrected chi connectivity index (χ1v) is 18.2. The van der Waals surface area contributed by atoms with E-state index in [0.717, 1.165) is 54.6 Å². The third-order valence-electron chi connectivity index (χ3n) is 10.3. The molecule has 6 rings (SSSR count). The van der Waals surface area contributed by atoms with Crippen LogP contribution in [0.5, 0.6) is 0 Å². The van der Waals surface area contributed by atoms with Gasteiger partial charge in [0.2, 0.25) is 17.6 Å². The van der Waals surface area contributed by atoms with Gasteiger partial charge in [-0.05, 0) is 117 Å². The molecular weight excluding hydrogens is 723 g/mol. The van der Waals surface area contributed by atoms with Gasteiger partial charge in [-0.1, -0.05) is 30.3 Å². The topological polar surface area (TPSA) is 167 Å². The summed E-state index contributed by atoms with van der Waals surface area (Å²) >= 11 is 0. The van der Waals surface area contributed by atoms with Gasteiger partial charge in [-0.25, -0.2) is 4.98 Å². The molecule has 4 aromatic rings. The van der Waals surface area contributed by atoms with Gasteiger partial charge in [-0.2, -0.15) is 27.1 Å². The Kier molecular flexibility index (Phi) is 12.0. The summed E-state index contributed by atoms with van der Waals surface area (Å²) in [5, 5.41) is 17.2. The van der Waals surface area contributed by atoms with E-state index in [0.29, 0.717) is 30.9 Å². The number of amides is 3. The number of anilines is 1. The second kappa shape index (κ2) is 16.7. The van der Waals surface area contributed by atoms with Crippen LogP contribution in [0.3, 0.4) is 0 Å². The van der Waals surface area contributed by atoms with Crippen LogP contribution >= 0.6 is 0 Å². The van der Waals surface area contributed by atoms with Crippen molar-refractivity contribution >= 4 is 23.4 Å². The highest BCUT2D eigenvalue weighted by molar-refractivity contribution is 5.98. The first-order valence-electron chi connectivity index (χ1n) is 18.2. The number of aromatic amines is 1. The number of rotatable bonds is 12. The number of hydrogen-bond donors (Lipinski definition) is 6. The maximum absolute atomic E-state index is 13.7. The molecule has 1 aliphatic carbocycles. The number of benzene rings is 3. The summed E-state index contributed by atoms with van der Waals surface area (Å²) in [6.45, 7) is 4.13. The number of hydrogen-bond acceptors (Lipinski definition) is 7. The predicted octanol–water partition coefficient (Wildman–Crippen LogP) is 5.62. The minimum absolute atomic E-state index is 0.110. The maximum atomic E-state index is 13.7. The Morgan fingerprint density at radius 2 is 1.60 bits per heavy atom. The van der Waals surface area contributed by atoms with E-state index < -0.39 is 29.9 Å². The van der Waals surface area contributed by atoms with Crippen molar-refractivity contribution in [1.82, 2.24) is 31.1 Å². The monoisotopic (exact) mass is 766 g/mol. The molecule has 2 aliphatic rings. The summed E-state index contributed by atoms with van der Waals surface area (Å²) in [5.41, 5.74) is 10.4. The minimum Gasteiger partial charge on any atom is -0.348 e. The first-order chi connectivity index (χ1) is 26.2. The SMILES string of the molecule is Cc1cc(C(=O)N[C@@H]2CCNC2)ccc1-c1ccc(C[C@H](NC(=O)C2CCC(CN)CC2)C(=O)Nc2ccc(-c3n[nH]c(C(F)(F)C(F)(F)F)n3)cc2)cc1. The molecule has 0 radical (unpaired) electrons. The molecule has 3 aromatic carbocycles. The molecule has 11 nitrogen and oxygen atoms in total. The van der Waals surface area contributed by atoms with Gasteiger partial charge in [0.15, 0.2) is 5.82 Å². The number of nitrogens with two attached hydrogens (primary N) is 1. The Balaban J connectivity index is 1.15. The Hall–Kier alpha value is -5.22. The number of carbonyl (C=O) groups is 3. The van der Waals surface area contributed by atoms with E-state index in [1.54, 1.807) is 11.2 Å². The number of alkyl halides is 5. The lowest BCUT2D eigenvalue weighted by molar-refractivity contribution is -0.292. The van der Waals surface area contributed by atoms with E-state index in [4.69, 9.17) is 5.73 Å². The lowest BCUT2D eigenvalue weighted by Crippen LogP contribution is -2.48. The average molecular weight is 767 g/mol. The van der Waals surface area contributed by atoms with Crippen LogP contribution in [0.2, 0.25) is 0 Å². The van der Waals surface area contributed by atoms with Gasteiger partial charge < -0.3 is 27.0 Å². The van der Waals surface area contributed by atoms with Gasteiger partial charge in [0.25, 0.3) is 5.91 Å². The van der Waals surface area contributed by atoms with Crippen molar-refractivity contribution in [3.05, 3.63) is 89.2 Å². The molecule has 2 heterocycles. The Labute approximate surface area is 314 Å².